The molecule has 0 aliphatic heterocycles. The number of hydrogen-bond donors (Lipinski definition) is 3. The maximum atomic E-state index is 12.7. The van der Waals surface area contributed by atoms with Crippen molar-refractivity contribution < 1.29 is 14.3 Å². The molecule has 170 valence electrons. The number of halogens is 1. The molecule has 3 aromatic carbocycles. The lowest BCUT2D eigenvalue weighted by Crippen LogP contribution is -2.34. The van der Waals surface area contributed by atoms with Gasteiger partial charge in [-0.2, -0.15) is 0 Å². The van der Waals surface area contributed by atoms with Crippen molar-refractivity contribution in [3.05, 3.63) is 88.9 Å². The second-order valence-electron chi connectivity index (χ2n) is 7.65. The van der Waals surface area contributed by atoms with Gasteiger partial charge in [-0.25, -0.2) is 0 Å². The summed E-state index contributed by atoms with van der Waals surface area (Å²) in [6, 6.07) is 20.7. The fourth-order valence-corrected chi connectivity index (χ4v) is 3.28. The van der Waals surface area contributed by atoms with Gasteiger partial charge in [0.15, 0.2) is 5.11 Å². The van der Waals surface area contributed by atoms with Gasteiger partial charge in [0, 0.05) is 22.0 Å². The van der Waals surface area contributed by atoms with Crippen molar-refractivity contribution in [2.75, 3.05) is 17.2 Å². The molecule has 8 heteroatoms. The number of para-hydroxylation sites is 1. The second kappa shape index (κ2) is 11.4. The molecule has 0 heterocycles. The standard InChI is InChI=1S/C25H24ClN3O3S/c1-16(2)15-32-22-12-4-3-11-21(22)24(31)29-25(33)28-19-9-5-7-17(13-19)23(30)27-20-10-6-8-18(26)14-20/h3-14,16H,15H2,1-2H3,(H,27,30)(H2,28,29,31,33). The zero-order valence-corrected chi connectivity index (χ0v) is 19.8. The second-order valence-corrected chi connectivity index (χ2v) is 8.50. The Morgan fingerprint density at radius 2 is 1.61 bits per heavy atom. The molecule has 6 nitrogen and oxygen atoms in total. The van der Waals surface area contributed by atoms with Crippen LogP contribution < -0.4 is 20.7 Å². The summed E-state index contributed by atoms with van der Waals surface area (Å²) in [5.41, 5.74) is 1.95. The molecule has 3 aromatic rings. The highest BCUT2D eigenvalue weighted by atomic mass is 35.5. The number of thiocarbonyl (C=S) groups is 1. The number of carbonyl (C=O) groups is 2. The van der Waals surface area contributed by atoms with E-state index in [9.17, 15) is 9.59 Å². The third-order valence-electron chi connectivity index (χ3n) is 4.40. The Morgan fingerprint density at radius 3 is 2.33 bits per heavy atom. The van der Waals surface area contributed by atoms with E-state index in [1.807, 2.05) is 19.9 Å². The Hall–Kier alpha value is -3.42. The van der Waals surface area contributed by atoms with E-state index >= 15 is 0 Å². The topological polar surface area (TPSA) is 79.5 Å². The monoisotopic (exact) mass is 481 g/mol. The molecule has 3 rings (SSSR count). The van der Waals surface area contributed by atoms with Gasteiger partial charge in [0.2, 0.25) is 0 Å². The molecule has 0 aliphatic carbocycles. The van der Waals surface area contributed by atoms with Gasteiger partial charge in [-0.15, -0.1) is 0 Å². The Balaban J connectivity index is 1.63. The average Bonchev–Trinajstić information content (AvgIpc) is 2.78. The van der Waals surface area contributed by atoms with E-state index in [1.165, 1.54) is 0 Å². The van der Waals surface area contributed by atoms with Gasteiger partial charge in [-0.1, -0.05) is 49.7 Å². The largest absolute Gasteiger partial charge is 0.492 e. The quantitative estimate of drug-likeness (QED) is 0.374. The van der Waals surface area contributed by atoms with Crippen molar-refractivity contribution >= 4 is 52.1 Å². The van der Waals surface area contributed by atoms with E-state index in [0.29, 0.717) is 45.8 Å². The first-order chi connectivity index (χ1) is 15.8. The Bertz CT molecular complexity index is 1170. The lowest BCUT2D eigenvalue weighted by Gasteiger charge is -2.14. The van der Waals surface area contributed by atoms with Crippen molar-refractivity contribution in [1.82, 2.24) is 5.32 Å². The summed E-state index contributed by atoms with van der Waals surface area (Å²) in [6.45, 7) is 4.56. The molecule has 0 atom stereocenters. The predicted octanol–water partition coefficient (Wildman–Crippen LogP) is 5.75. The first-order valence-electron chi connectivity index (χ1n) is 10.3. The third kappa shape index (κ3) is 7.30. The van der Waals surface area contributed by atoms with E-state index in [4.69, 9.17) is 28.6 Å². The summed E-state index contributed by atoms with van der Waals surface area (Å²) in [7, 11) is 0. The molecule has 0 saturated heterocycles. The van der Waals surface area contributed by atoms with Crippen molar-refractivity contribution in [3.63, 3.8) is 0 Å². The Labute approximate surface area is 203 Å². The number of amides is 2. The van der Waals surface area contributed by atoms with Gasteiger partial charge < -0.3 is 15.4 Å². The maximum Gasteiger partial charge on any atom is 0.261 e. The molecule has 3 N–H and O–H groups in total. The van der Waals surface area contributed by atoms with Crippen LogP contribution in [0.25, 0.3) is 0 Å². The third-order valence-corrected chi connectivity index (χ3v) is 4.84. The van der Waals surface area contributed by atoms with Crippen molar-refractivity contribution in [1.29, 1.82) is 0 Å². The first-order valence-corrected chi connectivity index (χ1v) is 11.1. The number of ether oxygens (including phenoxy) is 1. The van der Waals surface area contributed by atoms with Crippen LogP contribution >= 0.6 is 23.8 Å². The highest BCUT2D eigenvalue weighted by molar-refractivity contribution is 7.80. The maximum absolute atomic E-state index is 12.7. The van der Waals surface area contributed by atoms with Crippen LogP contribution in [0.3, 0.4) is 0 Å². The number of carbonyl (C=O) groups excluding carboxylic acids is 2. The van der Waals surface area contributed by atoms with Crippen LogP contribution in [0, 0.1) is 5.92 Å². The fourth-order valence-electron chi connectivity index (χ4n) is 2.88. The van der Waals surface area contributed by atoms with Crippen molar-refractivity contribution in [2.45, 2.75) is 13.8 Å². The summed E-state index contributed by atoms with van der Waals surface area (Å²) in [5.74, 6) is 0.132. The Kier molecular flexibility index (Phi) is 8.40. The molecular weight excluding hydrogens is 458 g/mol. The lowest BCUT2D eigenvalue weighted by molar-refractivity contribution is 0.0971. The van der Waals surface area contributed by atoms with Gasteiger partial charge in [-0.05, 0) is 66.7 Å². The van der Waals surface area contributed by atoms with Crippen LogP contribution in [0.2, 0.25) is 5.02 Å². The first kappa shape index (κ1) is 24.2. The molecule has 0 aromatic heterocycles. The summed E-state index contributed by atoms with van der Waals surface area (Å²) in [4.78, 5) is 25.3. The Morgan fingerprint density at radius 1 is 0.909 bits per heavy atom. The van der Waals surface area contributed by atoms with Crippen LogP contribution in [0.4, 0.5) is 11.4 Å². The number of hydrogen-bond acceptors (Lipinski definition) is 4. The van der Waals surface area contributed by atoms with E-state index < -0.39 is 0 Å². The molecule has 0 aliphatic rings. The summed E-state index contributed by atoms with van der Waals surface area (Å²) in [6.07, 6.45) is 0. The van der Waals surface area contributed by atoms with Gasteiger partial charge in [0.1, 0.15) is 5.75 Å². The molecule has 0 unspecified atom stereocenters. The van der Waals surface area contributed by atoms with Crippen LogP contribution in [-0.4, -0.2) is 23.5 Å². The highest BCUT2D eigenvalue weighted by Gasteiger charge is 2.14. The molecule has 33 heavy (non-hydrogen) atoms. The predicted molar refractivity (Wildman–Crippen MR) is 136 cm³/mol. The van der Waals surface area contributed by atoms with Crippen LogP contribution in [0.15, 0.2) is 72.8 Å². The van der Waals surface area contributed by atoms with E-state index in [2.05, 4.69) is 16.0 Å². The number of anilines is 2. The minimum absolute atomic E-state index is 0.103. The van der Waals surface area contributed by atoms with E-state index in [-0.39, 0.29) is 16.9 Å². The van der Waals surface area contributed by atoms with Gasteiger partial charge >= 0.3 is 0 Å². The SMILES string of the molecule is CC(C)COc1ccccc1C(=O)NC(=S)Nc1cccc(C(=O)Nc2cccc(Cl)c2)c1. The summed E-state index contributed by atoms with van der Waals surface area (Å²) < 4.78 is 5.74. The summed E-state index contributed by atoms with van der Waals surface area (Å²) >= 11 is 11.3. The van der Waals surface area contributed by atoms with Gasteiger partial charge in [-0.3, -0.25) is 14.9 Å². The van der Waals surface area contributed by atoms with Crippen molar-refractivity contribution in [3.8, 4) is 5.75 Å². The van der Waals surface area contributed by atoms with Gasteiger partial charge in [0.05, 0.1) is 12.2 Å². The van der Waals surface area contributed by atoms with Crippen molar-refractivity contribution in [2.24, 2.45) is 5.92 Å². The zero-order chi connectivity index (χ0) is 23.8. The van der Waals surface area contributed by atoms with E-state index in [1.54, 1.807) is 66.7 Å². The molecule has 2 amide bonds. The van der Waals surface area contributed by atoms with Gasteiger partial charge in [0.25, 0.3) is 11.8 Å². The van der Waals surface area contributed by atoms with E-state index in [0.717, 1.165) is 0 Å². The minimum atomic E-state index is -0.387. The number of rotatable bonds is 7. The average molecular weight is 482 g/mol. The van der Waals surface area contributed by atoms with Crippen LogP contribution in [0.5, 0.6) is 5.75 Å². The molecule has 0 saturated carbocycles. The smallest absolute Gasteiger partial charge is 0.261 e. The normalized spacial score (nSPS) is 10.4. The lowest BCUT2D eigenvalue weighted by atomic mass is 10.1. The molecule has 0 fully saturated rings. The minimum Gasteiger partial charge on any atom is -0.492 e. The summed E-state index contributed by atoms with van der Waals surface area (Å²) in [5, 5.41) is 9.01. The number of nitrogens with one attached hydrogen (secondary N) is 3. The van der Waals surface area contributed by atoms with Crippen LogP contribution in [0.1, 0.15) is 34.6 Å². The zero-order valence-electron chi connectivity index (χ0n) is 18.2. The highest BCUT2D eigenvalue weighted by Crippen LogP contribution is 2.19. The molecular formula is C25H24ClN3O3S. The fraction of sp³-hybridized carbons (Fsp3) is 0.160. The van der Waals surface area contributed by atoms with Crippen LogP contribution in [-0.2, 0) is 0 Å². The molecule has 0 radical (unpaired) electrons. The number of benzene rings is 3. The molecule has 0 bridgehead atoms. The molecule has 0 spiro atoms.